The predicted molar refractivity (Wildman–Crippen MR) is 117 cm³/mol. The molecule has 0 spiro atoms. The highest BCUT2D eigenvalue weighted by Gasteiger charge is 2.16. The van der Waals surface area contributed by atoms with E-state index < -0.39 is 5.97 Å². The zero-order valence-electron chi connectivity index (χ0n) is 17.6. The number of hydrogen-bond acceptors (Lipinski definition) is 6. The SMILES string of the molecule is COC(=O)c1ccc2[nH]c(-c3cc(OCc4ccccc4)ccc3OC(C)C)nc2n1. The van der Waals surface area contributed by atoms with E-state index in [1.54, 1.807) is 12.1 Å². The molecule has 4 rings (SSSR count). The number of ether oxygens (including phenoxy) is 3. The molecule has 0 aliphatic heterocycles. The Hall–Kier alpha value is -3.87. The number of rotatable bonds is 7. The Morgan fingerprint density at radius 3 is 2.58 bits per heavy atom. The topological polar surface area (TPSA) is 86.3 Å². The highest BCUT2D eigenvalue weighted by Crippen LogP contribution is 2.34. The number of benzene rings is 2. The second-order valence-corrected chi connectivity index (χ2v) is 7.24. The van der Waals surface area contributed by atoms with Crippen LogP contribution in [-0.4, -0.2) is 34.1 Å². The number of H-pyrrole nitrogens is 1. The van der Waals surface area contributed by atoms with Crippen LogP contribution in [0.2, 0.25) is 0 Å². The van der Waals surface area contributed by atoms with Crippen molar-refractivity contribution in [3.8, 4) is 22.9 Å². The lowest BCUT2D eigenvalue weighted by atomic mass is 10.1. The second-order valence-electron chi connectivity index (χ2n) is 7.24. The Kier molecular flexibility index (Phi) is 5.84. The van der Waals surface area contributed by atoms with Gasteiger partial charge in [0, 0.05) is 0 Å². The number of aromatic nitrogens is 3. The molecule has 4 aromatic rings. The molecule has 0 bridgehead atoms. The fourth-order valence-corrected chi connectivity index (χ4v) is 3.12. The first kappa shape index (κ1) is 20.4. The van der Waals surface area contributed by atoms with Crippen molar-refractivity contribution in [2.45, 2.75) is 26.6 Å². The maximum absolute atomic E-state index is 11.8. The van der Waals surface area contributed by atoms with Crippen LogP contribution >= 0.6 is 0 Å². The number of aromatic amines is 1. The molecule has 0 aliphatic rings. The molecule has 1 N–H and O–H groups in total. The van der Waals surface area contributed by atoms with Gasteiger partial charge in [0.15, 0.2) is 11.3 Å². The van der Waals surface area contributed by atoms with E-state index >= 15 is 0 Å². The van der Waals surface area contributed by atoms with Crippen molar-refractivity contribution in [3.63, 3.8) is 0 Å². The number of fused-ring (bicyclic) bond motifs is 1. The van der Waals surface area contributed by atoms with Crippen molar-refractivity contribution < 1.29 is 19.0 Å². The summed E-state index contributed by atoms with van der Waals surface area (Å²) in [5.74, 6) is 1.44. The summed E-state index contributed by atoms with van der Waals surface area (Å²) in [6, 6.07) is 18.9. The fraction of sp³-hybridized carbons (Fsp3) is 0.208. The summed E-state index contributed by atoms with van der Waals surface area (Å²) in [5, 5.41) is 0. The minimum Gasteiger partial charge on any atom is -0.490 e. The van der Waals surface area contributed by atoms with Crippen LogP contribution < -0.4 is 9.47 Å². The lowest BCUT2D eigenvalue weighted by molar-refractivity contribution is 0.0594. The molecular formula is C24H23N3O4. The van der Waals surface area contributed by atoms with E-state index in [-0.39, 0.29) is 11.8 Å². The van der Waals surface area contributed by atoms with Gasteiger partial charge in [-0.05, 0) is 49.7 Å². The molecule has 31 heavy (non-hydrogen) atoms. The summed E-state index contributed by atoms with van der Waals surface area (Å²) >= 11 is 0. The number of methoxy groups -OCH3 is 1. The van der Waals surface area contributed by atoms with Gasteiger partial charge in [-0.1, -0.05) is 30.3 Å². The third kappa shape index (κ3) is 4.66. The maximum Gasteiger partial charge on any atom is 0.356 e. The number of hydrogen-bond donors (Lipinski definition) is 1. The largest absolute Gasteiger partial charge is 0.490 e. The van der Waals surface area contributed by atoms with Gasteiger partial charge in [-0.25, -0.2) is 14.8 Å². The summed E-state index contributed by atoms with van der Waals surface area (Å²) < 4.78 is 16.7. The summed E-state index contributed by atoms with van der Waals surface area (Å²) in [6.07, 6.45) is -0.0109. The van der Waals surface area contributed by atoms with Gasteiger partial charge < -0.3 is 19.2 Å². The molecule has 0 fully saturated rings. The molecule has 0 amide bonds. The van der Waals surface area contributed by atoms with Crippen molar-refractivity contribution in [2.24, 2.45) is 0 Å². The van der Waals surface area contributed by atoms with Crippen molar-refractivity contribution in [3.05, 3.63) is 71.9 Å². The summed E-state index contributed by atoms with van der Waals surface area (Å²) in [6.45, 7) is 4.38. The highest BCUT2D eigenvalue weighted by atomic mass is 16.5. The average molecular weight is 417 g/mol. The molecule has 7 heteroatoms. The minimum atomic E-state index is -0.508. The van der Waals surface area contributed by atoms with Crippen LogP contribution in [0.15, 0.2) is 60.7 Å². The van der Waals surface area contributed by atoms with Crippen LogP contribution in [-0.2, 0) is 11.3 Å². The van der Waals surface area contributed by atoms with Gasteiger partial charge >= 0.3 is 5.97 Å². The number of carbonyl (C=O) groups is 1. The van der Waals surface area contributed by atoms with Crippen LogP contribution in [0, 0.1) is 0 Å². The lowest BCUT2D eigenvalue weighted by Gasteiger charge is -2.15. The van der Waals surface area contributed by atoms with Gasteiger partial charge in [-0.15, -0.1) is 0 Å². The number of nitrogens with one attached hydrogen (secondary N) is 1. The van der Waals surface area contributed by atoms with Gasteiger partial charge in [0.2, 0.25) is 0 Å². The van der Waals surface area contributed by atoms with Crippen LogP contribution in [0.1, 0.15) is 29.9 Å². The second kappa shape index (κ2) is 8.87. The van der Waals surface area contributed by atoms with Crippen molar-refractivity contribution in [1.82, 2.24) is 15.0 Å². The molecule has 0 saturated heterocycles. The zero-order chi connectivity index (χ0) is 21.8. The number of esters is 1. The number of imidazole rings is 1. The van der Waals surface area contributed by atoms with Crippen LogP contribution in [0.25, 0.3) is 22.6 Å². The Bertz CT molecular complexity index is 1200. The third-order valence-electron chi connectivity index (χ3n) is 4.56. The standard InChI is InChI=1S/C24H23N3O4/c1-15(2)31-21-12-9-17(30-14-16-7-5-4-6-8-16)13-18(21)22-25-19-10-11-20(24(28)29-3)26-23(19)27-22/h4-13,15H,14H2,1-3H3,(H,25,26,27). The normalized spacial score (nSPS) is 11.0. The molecule has 2 aromatic heterocycles. The molecule has 0 atom stereocenters. The predicted octanol–water partition coefficient (Wildman–Crippen LogP) is 4.78. The van der Waals surface area contributed by atoms with Gasteiger partial charge in [0.05, 0.1) is 24.3 Å². The highest BCUT2D eigenvalue weighted by molar-refractivity contribution is 5.90. The first-order valence-electron chi connectivity index (χ1n) is 9.96. The van der Waals surface area contributed by atoms with E-state index in [2.05, 4.69) is 15.0 Å². The Morgan fingerprint density at radius 2 is 1.84 bits per heavy atom. The molecule has 158 valence electrons. The fourth-order valence-electron chi connectivity index (χ4n) is 3.12. The zero-order valence-corrected chi connectivity index (χ0v) is 17.6. The van der Waals surface area contributed by atoms with Gasteiger partial charge in [-0.2, -0.15) is 0 Å². The van der Waals surface area contributed by atoms with E-state index in [1.165, 1.54) is 7.11 Å². The first-order valence-corrected chi connectivity index (χ1v) is 9.96. The average Bonchev–Trinajstić information content (AvgIpc) is 3.21. The van der Waals surface area contributed by atoms with Crippen molar-refractivity contribution >= 4 is 17.1 Å². The molecule has 0 radical (unpaired) electrons. The molecule has 0 unspecified atom stereocenters. The van der Waals surface area contributed by atoms with E-state index in [0.29, 0.717) is 35.1 Å². The Balaban J connectivity index is 1.69. The quantitative estimate of drug-likeness (QED) is 0.436. The Labute approximate surface area is 180 Å². The lowest BCUT2D eigenvalue weighted by Crippen LogP contribution is -2.07. The molecular weight excluding hydrogens is 394 g/mol. The molecule has 7 nitrogen and oxygen atoms in total. The number of nitrogens with zero attached hydrogens (tertiary/aromatic N) is 2. The minimum absolute atomic E-state index is 0.0109. The number of pyridine rings is 1. The van der Waals surface area contributed by atoms with E-state index in [4.69, 9.17) is 14.2 Å². The van der Waals surface area contributed by atoms with Crippen molar-refractivity contribution in [1.29, 1.82) is 0 Å². The van der Waals surface area contributed by atoms with Crippen LogP contribution in [0.5, 0.6) is 11.5 Å². The smallest absolute Gasteiger partial charge is 0.356 e. The molecule has 0 saturated carbocycles. The summed E-state index contributed by atoms with van der Waals surface area (Å²) in [4.78, 5) is 23.9. The molecule has 2 aromatic carbocycles. The molecule has 2 heterocycles. The van der Waals surface area contributed by atoms with E-state index in [9.17, 15) is 4.79 Å². The van der Waals surface area contributed by atoms with Gasteiger partial charge in [0.25, 0.3) is 0 Å². The number of carbonyl (C=O) groups excluding carboxylic acids is 1. The first-order chi connectivity index (χ1) is 15.0. The van der Waals surface area contributed by atoms with E-state index in [0.717, 1.165) is 11.1 Å². The summed E-state index contributed by atoms with van der Waals surface area (Å²) in [5.41, 5.74) is 3.15. The summed E-state index contributed by atoms with van der Waals surface area (Å²) in [7, 11) is 1.32. The van der Waals surface area contributed by atoms with E-state index in [1.807, 2.05) is 62.4 Å². The van der Waals surface area contributed by atoms with Crippen molar-refractivity contribution in [2.75, 3.05) is 7.11 Å². The monoisotopic (exact) mass is 417 g/mol. The van der Waals surface area contributed by atoms with Gasteiger partial charge in [0.1, 0.15) is 23.9 Å². The molecule has 0 aliphatic carbocycles. The Morgan fingerprint density at radius 1 is 1.03 bits per heavy atom. The third-order valence-corrected chi connectivity index (χ3v) is 4.56. The van der Waals surface area contributed by atoms with Gasteiger partial charge in [-0.3, -0.25) is 0 Å². The van der Waals surface area contributed by atoms with Crippen LogP contribution in [0.4, 0.5) is 0 Å². The maximum atomic E-state index is 11.8. The van der Waals surface area contributed by atoms with Crippen LogP contribution in [0.3, 0.4) is 0 Å².